The van der Waals surface area contributed by atoms with Crippen LogP contribution < -0.4 is 5.32 Å². The number of hydrogen-bond acceptors (Lipinski definition) is 3. The number of benzene rings is 2. The van der Waals surface area contributed by atoms with E-state index in [-0.39, 0.29) is 22.0 Å². The van der Waals surface area contributed by atoms with E-state index in [1.54, 1.807) is 6.07 Å². The molecule has 8 heteroatoms. The number of amides is 1. The Labute approximate surface area is 132 Å². The minimum absolute atomic E-state index is 0.00780. The molecular weight excluding hydrogens is 367 g/mol. The molecule has 0 bridgehead atoms. The molecule has 0 heterocycles. The molecule has 0 unspecified atom stereocenters. The van der Waals surface area contributed by atoms with E-state index in [9.17, 15) is 19.3 Å². The Kier molecular flexibility index (Phi) is 4.54. The van der Waals surface area contributed by atoms with Crippen molar-refractivity contribution in [1.82, 2.24) is 0 Å². The lowest BCUT2D eigenvalue weighted by molar-refractivity contribution is -0.384. The second-order valence-corrected chi connectivity index (χ2v) is 5.32. The van der Waals surface area contributed by atoms with Gasteiger partial charge in [0.15, 0.2) is 0 Å². The fourth-order valence-electron chi connectivity index (χ4n) is 1.58. The van der Waals surface area contributed by atoms with Crippen LogP contribution in [0.25, 0.3) is 0 Å². The second-order valence-electron chi connectivity index (χ2n) is 4.00. The molecule has 0 radical (unpaired) electrons. The molecule has 0 aromatic heterocycles. The summed E-state index contributed by atoms with van der Waals surface area (Å²) in [6, 6.07) is 7.73. The number of nitrogens with one attached hydrogen (secondary N) is 1. The molecule has 0 saturated carbocycles. The number of carbonyl (C=O) groups excluding carboxylic acids is 1. The van der Waals surface area contributed by atoms with Gasteiger partial charge in [-0.05, 0) is 30.3 Å². The van der Waals surface area contributed by atoms with Gasteiger partial charge in [0.1, 0.15) is 10.8 Å². The summed E-state index contributed by atoms with van der Waals surface area (Å²) < 4.78 is 14.2. The molecule has 0 aliphatic heterocycles. The summed E-state index contributed by atoms with van der Waals surface area (Å²) in [7, 11) is 0. The summed E-state index contributed by atoms with van der Waals surface area (Å²) >= 11 is 8.76. The van der Waals surface area contributed by atoms with Crippen LogP contribution in [-0.2, 0) is 0 Å². The van der Waals surface area contributed by atoms with Gasteiger partial charge in [0.05, 0.1) is 10.6 Å². The Bertz CT molecular complexity index is 739. The minimum Gasteiger partial charge on any atom is -0.319 e. The minimum atomic E-state index is -0.695. The summed E-state index contributed by atoms with van der Waals surface area (Å²) in [5, 5.41) is 13.0. The first-order valence-corrected chi connectivity index (χ1v) is 6.76. The van der Waals surface area contributed by atoms with Crippen LogP contribution in [0.5, 0.6) is 0 Å². The Balaban J connectivity index is 2.28. The third-order valence-corrected chi connectivity index (χ3v) is 3.40. The highest BCUT2D eigenvalue weighted by atomic mass is 79.9. The number of nitro groups is 1. The molecule has 1 amide bonds. The van der Waals surface area contributed by atoms with Crippen molar-refractivity contribution >= 4 is 44.8 Å². The molecule has 1 N–H and O–H groups in total. The topological polar surface area (TPSA) is 72.2 Å². The maximum absolute atomic E-state index is 13.6. The molecule has 5 nitrogen and oxygen atoms in total. The van der Waals surface area contributed by atoms with Gasteiger partial charge in [-0.2, -0.15) is 0 Å². The van der Waals surface area contributed by atoms with Crippen LogP contribution >= 0.6 is 27.5 Å². The second kappa shape index (κ2) is 6.19. The molecule has 0 atom stereocenters. The number of carbonyl (C=O) groups is 1. The van der Waals surface area contributed by atoms with E-state index in [2.05, 4.69) is 21.2 Å². The zero-order chi connectivity index (χ0) is 15.6. The summed E-state index contributed by atoms with van der Waals surface area (Å²) in [5.74, 6) is -1.29. The predicted molar refractivity (Wildman–Crippen MR) is 80.2 cm³/mol. The van der Waals surface area contributed by atoms with Crippen LogP contribution in [0.2, 0.25) is 5.02 Å². The Hall–Kier alpha value is -1.99. The molecule has 2 aromatic carbocycles. The van der Waals surface area contributed by atoms with Crippen molar-refractivity contribution in [3.05, 3.63) is 67.4 Å². The lowest BCUT2D eigenvalue weighted by Crippen LogP contribution is -2.13. The Morgan fingerprint density at radius 3 is 2.62 bits per heavy atom. The molecule has 108 valence electrons. The van der Waals surface area contributed by atoms with Gasteiger partial charge in [-0.1, -0.05) is 27.5 Å². The van der Waals surface area contributed by atoms with Gasteiger partial charge in [-0.3, -0.25) is 14.9 Å². The monoisotopic (exact) mass is 372 g/mol. The number of halogens is 3. The highest BCUT2D eigenvalue weighted by Crippen LogP contribution is 2.26. The van der Waals surface area contributed by atoms with E-state index < -0.39 is 16.6 Å². The van der Waals surface area contributed by atoms with Crippen LogP contribution in [0.15, 0.2) is 40.9 Å². The van der Waals surface area contributed by atoms with Crippen LogP contribution in [-0.4, -0.2) is 10.8 Å². The van der Waals surface area contributed by atoms with Crippen molar-refractivity contribution in [3.63, 3.8) is 0 Å². The average Bonchev–Trinajstić information content (AvgIpc) is 2.42. The molecule has 2 rings (SSSR count). The highest BCUT2D eigenvalue weighted by Gasteiger charge is 2.17. The summed E-state index contributed by atoms with van der Waals surface area (Å²) in [6.45, 7) is 0. The molecule has 0 fully saturated rings. The van der Waals surface area contributed by atoms with E-state index in [1.807, 2.05) is 0 Å². The quantitative estimate of drug-likeness (QED) is 0.640. The maximum atomic E-state index is 13.6. The third kappa shape index (κ3) is 3.56. The molecule has 0 spiro atoms. The molecule has 21 heavy (non-hydrogen) atoms. The Morgan fingerprint density at radius 2 is 2.00 bits per heavy atom. The van der Waals surface area contributed by atoms with Gasteiger partial charge >= 0.3 is 0 Å². The normalized spacial score (nSPS) is 10.2. The summed E-state index contributed by atoms with van der Waals surface area (Å²) in [6.07, 6.45) is 0. The smallest absolute Gasteiger partial charge is 0.288 e. The molecule has 2 aromatic rings. The lowest BCUT2D eigenvalue weighted by Gasteiger charge is -2.07. The van der Waals surface area contributed by atoms with Gasteiger partial charge < -0.3 is 5.32 Å². The van der Waals surface area contributed by atoms with Crippen molar-refractivity contribution in [2.24, 2.45) is 0 Å². The zero-order valence-electron chi connectivity index (χ0n) is 10.3. The largest absolute Gasteiger partial charge is 0.319 e. The predicted octanol–water partition coefficient (Wildman–Crippen LogP) is 4.40. The van der Waals surface area contributed by atoms with Gasteiger partial charge in [-0.15, -0.1) is 0 Å². The van der Waals surface area contributed by atoms with Crippen LogP contribution in [0, 0.1) is 15.9 Å². The van der Waals surface area contributed by atoms with Gasteiger partial charge in [0.2, 0.25) is 0 Å². The maximum Gasteiger partial charge on any atom is 0.288 e. The SMILES string of the molecule is O=C(Nc1ccc(Br)cc1F)c1ccc(Cl)c([N+](=O)[O-])c1. The van der Waals surface area contributed by atoms with Gasteiger partial charge in [-0.25, -0.2) is 4.39 Å². The highest BCUT2D eigenvalue weighted by molar-refractivity contribution is 9.10. The van der Waals surface area contributed by atoms with Gasteiger partial charge in [0, 0.05) is 16.1 Å². The van der Waals surface area contributed by atoms with E-state index in [1.165, 1.54) is 24.3 Å². The van der Waals surface area contributed by atoms with Crippen LogP contribution in [0.4, 0.5) is 15.8 Å². The first-order chi connectivity index (χ1) is 9.88. The molecule has 0 saturated heterocycles. The van der Waals surface area contributed by atoms with E-state index in [4.69, 9.17) is 11.6 Å². The van der Waals surface area contributed by atoms with Crippen molar-refractivity contribution < 1.29 is 14.1 Å². The van der Waals surface area contributed by atoms with Crippen molar-refractivity contribution in [1.29, 1.82) is 0 Å². The Morgan fingerprint density at radius 1 is 1.29 bits per heavy atom. The van der Waals surface area contributed by atoms with E-state index in [0.717, 1.165) is 6.07 Å². The number of nitro benzene ring substituents is 1. The molecular formula is C13H7BrClFN2O3. The van der Waals surface area contributed by atoms with E-state index in [0.29, 0.717) is 4.47 Å². The number of nitrogens with zero attached hydrogens (tertiary/aromatic N) is 1. The first-order valence-electron chi connectivity index (χ1n) is 5.59. The fourth-order valence-corrected chi connectivity index (χ4v) is 2.10. The first kappa shape index (κ1) is 15.4. The number of anilines is 1. The molecule has 0 aliphatic rings. The van der Waals surface area contributed by atoms with Crippen LogP contribution in [0.3, 0.4) is 0 Å². The standard InChI is InChI=1S/C13H7BrClFN2O3/c14-8-2-4-11(10(16)6-8)17-13(19)7-1-3-9(15)12(5-7)18(20)21/h1-6H,(H,17,19). The summed E-state index contributed by atoms with van der Waals surface area (Å²) in [4.78, 5) is 22.1. The van der Waals surface area contributed by atoms with Gasteiger partial charge in [0.25, 0.3) is 11.6 Å². The summed E-state index contributed by atoms with van der Waals surface area (Å²) in [5.41, 5.74) is -0.408. The third-order valence-electron chi connectivity index (χ3n) is 2.58. The number of rotatable bonds is 3. The van der Waals surface area contributed by atoms with Crippen molar-refractivity contribution in [2.75, 3.05) is 5.32 Å². The zero-order valence-corrected chi connectivity index (χ0v) is 12.6. The number of hydrogen-bond donors (Lipinski definition) is 1. The average molecular weight is 374 g/mol. The van der Waals surface area contributed by atoms with E-state index >= 15 is 0 Å². The van der Waals surface area contributed by atoms with Crippen molar-refractivity contribution in [2.45, 2.75) is 0 Å². The fraction of sp³-hybridized carbons (Fsp3) is 0. The molecule has 0 aliphatic carbocycles. The lowest BCUT2D eigenvalue weighted by atomic mass is 10.2. The van der Waals surface area contributed by atoms with Crippen LogP contribution in [0.1, 0.15) is 10.4 Å². The van der Waals surface area contributed by atoms with Crippen molar-refractivity contribution in [3.8, 4) is 0 Å².